The number of imidazole rings is 1. The average molecular weight is 267 g/mol. The smallest absolute Gasteiger partial charge is 0.139 e. The Labute approximate surface area is 117 Å². The SMILES string of the molecule is CCOc1ccc(-c2nc3cccc(C)n3c2N)cc1. The highest BCUT2D eigenvalue weighted by molar-refractivity contribution is 5.75. The van der Waals surface area contributed by atoms with Crippen molar-refractivity contribution in [3.63, 3.8) is 0 Å². The van der Waals surface area contributed by atoms with Gasteiger partial charge in [0.1, 0.15) is 22.9 Å². The predicted octanol–water partition coefficient (Wildman–Crippen LogP) is 3.29. The van der Waals surface area contributed by atoms with Crippen LogP contribution in [0.5, 0.6) is 5.75 Å². The number of nitrogens with zero attached hydrogens (tertiary/aromatic N) is 2. The maximum absolute atomic E-state index is 6.24. The monoisotopic (exact) mass is 267 g/mol. The van der Waals surface area contributed by atoms with Crippen LogP contribution in [0, 0.1) is 6.92 Å². The molecule has 0 radical (unpaired) electrons. The van der Waals surface area contributed by atoms with E-state index >= 15 is 0 Å². The summed E-state index contributed by atoms with van der Waals surface area (Å²) in [4.78, 5) is 4.62. The van der Waals surface area contributed by atoms with Gasteiger partial charge in [0.15, 0.2) is 0 Å². The zero-order valence-corrected chi connectivity index (χ0v) is 11.6. The van der Waals surface area contributed by atoms with E-state index in [4.69, 9.17) is 10.5 Å². The topological polar surface area (TPSA) is 52.5 Å². The van der Waals surface area contributed by atoms with Crippen LogP contribution in [-0.4, -0.2) is 16.0 Å². The number of anilines is 1. The number of hydrogen-bond acceptors (Lipinski definition) is 3. The van der Waals surface area contributed by atoms with Gasteiger partial charge in [-0.2, -0.15) is 0 Å². The van der Waals surface area contributed by atoms with Crippen molar-refractivity contribution in [3.8, 4) is 17.0 Å². The van der Waals surface area contributed by atoms with Crippen LogP contribution in [0.25, 0.3) is 16.9 Å². The minimum Gasteiger partial charge on any atom is -0.494 e. The van der Waals surface area contributed by atoms with Crippen LogP contribution >= 0.6 is 0 Å². The maximum Gasteiger partial charge on any atom is 0.139 e. The van der Waals surface area contributed by atoms with Gasteiger partial charge >= 0.3 is 0 Å². The van der Waals surface area contributed by atoms with Crippen LogP contribution in [0.4, 0.5) is 5.82 Å². The highest BCUT2D eigenvalue weighted by atomic mass is 16.5. The van der Waals surface area contributed by atoms with Gasteiger partial charge < -0.3 is 10.5 Å². The number of aromatic nitrogens is 2. The van der Waals surface area contributed by atoms with Crippen molar-refractivity contribution < 1.29 is 4.74 Å². The summed E-state index contributed by atoms with van der Waals surface area (Å²) in [6.07, 6.45) is 0. The molecular formula is C16H17N3O. The van der Waals surface area contributed by atoms with E-state index in [1.807, 2.05) is 60.7 Å². The van der Waals surface area contributed by atoms with E-state index in [0.29, 0.717) is 12.4 Å². The summed E-state index contributed by atoms with van der Waals surface area (Å²) >= 11 is 0. The van der Waals surface area contributed by atoms with E-state index in [1.54, 1.807) is 0 Å². The molecule has 0 aliphatic carbocycles. The lowest BCUT2D eigenvalue weighted by Gasteiger charge is -2.04. The molecule has 0 bridgehead atoms. The number of hydrogen-bond donors (Lipinski definition) is 1. The molecule has 0 aliphatic rings. The molecule has 0 fully saturated rings. The first-order valence-electron chi connectivity index (χ1n) is 6.67. The van der Waals surface area contributed by atoms with E-state index in [0.717, 1.165) is 28.3 Å². The van der Waals surface area contributed by atoms with Gasteiger partial charge in [-0.1, -0.05) is 6.07 Å². The van der Waals surface area contributed by atoms with Crippen molar-refractivity contribution in [2.24, 2.45) is 0 Å². The normalized spacial score (nSPS) is 10.9. The summed E-state index contributed by atoms with van der Waals surface area (Å²) in [6, 6.07) is 13.8. The third kappa shape index (κ3) is 1.99. The van der Waals surface area contributed by atoms with Gasteiger partial charge in [-0.25, -0.2) is 4.98 Å². The average Bonchev–Trinajstić information content (AvgIpc) is 2.79. The Kier molecular flexibility index (Phi) is 3.06. The van der Waals surface area contributed by atoms with E-state index in [9.17, 15) is 0 Å². The summed E-state index contributed by atoms with van der Waals surface area (Å²) < 4.78 is 7.41. The van der Waals surface area contributed by atoms with Gasteiger partial charge in [0.25, 0.3) is 0 Å². The van der Waals surface area contributed by atoms with Crippen LogP contribution in [0.15, 0.2) is 42.5 Å². The second-order valence-corrected chi connectivity index (χ2v) is 4.66. The molecule has 0 atom stereocenters. The van der Waals surface area contributed by atoms with Crippen molar-refractivity contribution in [2.45, 2.75) is 13.8 Å². The molecule has 0 aliphatic heterocycles. The summed E-state index contributed by atoms with van der Waals surface area (Å²) in [6.45, 7) is 4.65. The summed E-state index contributed by atoms with van der Waals surface area (Å²) in [5.41, 5.74) is 9.98. The second kappa shape index (κ2) is 4.89. The molecule has 2 aromatic heterocycles. The minimum atomic E-state index is 0.662. The van der Waals surface area contributed by atoms with Crippen LogP contribution in [0.1, 0.15) is 12.6 Å². The summed E-state index contributed by atoms with van der Waals surface area (Å²) in [5.74, 6) is 1.53. The fraction of sp³-hybridized carbons (Fsp3) is 0.188. The molecule has 0 spiro atoms. The Bertz CT molecular complexity index is 744. The van der Waals surface area contributed by atoms with Crippen molar-refractivity contribution in [3.05, 3.63) is 48.2 Å². The molecule has 0 unspecified atom stereocenters. The molecule has 0 saturated carbocycles. The number of pyridine rings is 1. The molecule has 4 nitrogen and oxygen atoms in total. The lowest BCUT2D eigenvalue weighted by atomic mass is 10.1. The van der Waals surface area contributed by atoms with Crippen LogP contribution in [-0.2, 0) is 0 Å². The maximum atomic E-state index is 6.24. The number of rotatable bonds is 3. The van der Waals surface area contributed by atoms with Gasteiger partial charge in [0.2, 0.25) is 0 Å². The highest BCUT2D eigenvalue weighted by Crippen LogP contribution is 2.28. The van der Waals surface area contributed by atoms with Gasteiger partial charge in [-0.15, -0.1) is 0 Å². The number of benzene rings is 1. The van der Waals surface area contributed by atoms with Gasteiger partial charge in [0, 0.05) is 11.3 Å². The van der Waals surface area contributed by atoms with Crippen molar-refractivity contribution >= 4 is 11.5 Å². The lowest BCUT2D eigenvalue weighted by Crippen LogP contribution is -1.97. The molecule has 102 valence electrons. The molecular weight excluding hydrogens is 250 g/mol. The van der Waals surface area contributed by atoms with Gasteiger partial charge in [0.05, 0.1) is 6.61 Å². The Morgan fingerprint density at radius 1 is 1.15 bits per heavy atom. The fourth-order valence-electron chi connectivity index (χ4n) is 2.37. The predicted molar refractivity (Wildman–Crippen MR) is 80.9 cm³/mol. The Hall–Kier alpha value is -2.49. The first-order valence-corrected chi connectivity index (χ1v) is 6.67. The van der Waals surface area contributed by atoms with E-state index in [2.05, 4.69) is 4.98 Å². The van der Waals surface area contributed by atoms with Gasteiger partial charge in [-0.05, 0) is 50.2 Å². The molecule has 2 heterocycles. The van der Waals surface area contributed by atoms with E-state index in [1.165, 1.54) is 0 Å². The zero-order valence-electron chi connectivity index (χ0n) is 11.6. The van der Waals surface area contributed by atoms with Crippen LogP contribution in [0.3, 0.4) is 0 Å². The van der Waals surface area contributed by atoms with Crippen LogP contribution in [0.2, 0.25) is 0 Å². The lowest BCUT2D eigenvalue weighted by molar-refractivity contribution is 0.340. The Morgan fingerprint density at radius 3 is 2.55 bits per heavy atom. The molecule has 0 amide bonds. The number of ether oxygens (including phenoxy) is 1. The summed E-state index contributed by atoms with van der Waals surface area (Å²) in [7, 11) is 0. The molecule has 3 rings (SSSR count). The quantitative estimate of drug-likeness (QED) is 0.792. The molecule has 2 N–H and O–H groups in total. The standard InChI is InChI=1S/C16H17N3O/c1-3-20-13-9-7-12(8-10-13)15-16(17)19-11(2)5-4-6-14(19)18-15/h4-10H,3,17H2,1-2H3. The Morgan fingerprint density at radius 2 is 1.90 bits per heavy atom. The highest BCUT2D eigenvalue weighted by Gasteiger charge is 2.12. The third-order valence-electron chi connectivity index (χ3n) is 3.31. The number of nitrogens with two attached hydrogens (primary N) is 1. The first kappa shape index (κ1) is 12.5. The van der Waals surface area contributed by atoms with E-state index < -0.39 is 0 Å². The van der Waals surface area contributed by atoms with Crippen molar-refractivity contribution in [1.29, 1.82) is 0 Å². The van der Waals surface area contributed by atoms with Crippen molar-refractivity contribution in [1.82, 2.24) is 9.38 Å². The molecule has 3 aromatic rings. The molecule has 1 aromatic carbocycles. The van der Waals surface area contributed by atoms with Crippen LogP contribution < -0.4 is 10.5 Å². The largest absolute Gasteiger partial charge is 0.494 e. The molecule has 0 saturated heterocycles. The van der Waals surface area contributed by atoms with Crippen molar-refractivity contribution in [2.75, 3.05) is 12.3 Å². The second-order valence-electron chi connectivity index (χ2n) is 4.66. The van der Waals surface area contributed by atoms with E-state index in [-0.39, 0.29) is 0 Å². The Balaban J connectivity index is 2.10. The number of nitrogen functional groups attached to an aromatic ring is 1. The zero-order chi connectivity index (χ0) is 14.1. The molecule has 4 heteroatoms. The fourth-order valence-corrected chi connectivity index (χ4v) is 2.37. The molecule has 20 heavy (non-hydrogen) atoms. The number of aryl methyl sites for hydroxylation is 1. The first-order chi connectivity index (χ1) is 9.70. The van der Waals surface area contributed by atoms with Gasteiger partial charge in [-0.3, -0.25) is 4.40 Å². The minimum absolute atomic E-state index is 0.662. The number of fused-ring (bicyclic) bond motifs is 1. The summed E-state index contributed by atoms with van der Waals surface area (Å²) in [5, 5.41) is 0. The third-order valence-corrected chi connectivity index (χ3v) is 3.31.